The molecule has 3 N–H and O–H groups in total. The first-order valence-electron chi connectivity index (χ1n) is 4.91. The fourth-order valence-electron chi connectivity index (χ4n) is 1.35. The number of pyridine rings is 1. The molecule has 0 unspecified atom stereocenters. The van der Waals surface area contributed by atoms with E-state index in [2.05, 4.69) is 10.3 Å². The van der Waals surface area contributed by atoms with Crippen molar-refractivity contribution in [1.82, 2.24) is 4.98 Å². The van der Waals surface area contributed by atoms with E-state index < -0.39 is 23.3 Å². The summed E-state index contributed by atoms with van der Waals surface area (Å²) >= 11 is 11.5. The normalized spacial score (nSPS) is 10.6. The van der Waals surface area contributed by atoms with Gasteiger partial charge in [-0.05, 0) is 12.1 Å². The Morgan fingerprint density at radius 2 is 1.58 bits per heavy atom. The molecule has 0 radical (unpaired) electrons. The first kappa shape index (κ1) is 13.8. The highest BCUT2D eigenvalue weighted by molar-refractivity contribution is 6.39. The molecule has 0 aliphatic heterocycles. The molecule has 100 valence electrons. The van der Waals surface area contributed by atoms with Crippen molar-refractivity contribution in [2.24, 2.45) is 0 Å². The largest absolute Gasteiger partial charge is 0.381 e. The van der Waals surface area contributed by atoms with Crippen LogP contribution in [0, 0.1) is 17.5 Å². The van der Waals surface area contributed by atoms with Crippen molar-refractivity contribution in [3.05, 3.63) is 45.7 Å². The molecule has 0 fully saturated rings. The molecule has 3 nitrogen and oxygen atoms in total. The molecule has 2 aromatic rings. The number of nitrogens with zero attached hydrogens (tertiary/aromatic N) is 1. The van der Waals surface area contributed by atoms with Crippen molar-refractivity contribution in [3.8, 4) is 0 Å². The Balaban J connectivity index is 2.45. The molecule has 0 saturated carbocycles. The summed E-state index contributed by atoms with van der Waals surface area (Å²) in [7, 11) is 0. The van der Waals surface area contributed by atoms with Gasteiger partial charge in [-0.2, -0.15) is 0 Å². The molecule has 1 heterocycles. The Hall–Kier alpha value is -1.66. The number of benzene rings is 1. The molecule has 1 aromatic carbocycles. The van der Waals surface area contributed by atoms with Crippen LogP contribution in [0.5, 0.6) is 0 Å². The van der Waals surface area contributed by atoms with Gasteiger partial charge in [-0.3, -0.25) is 0 Å². The zero-order valence-electron chi connectivity index (χ0n) is 9.15. The Labute approximate surface area is 116 Å². The van der Waals surface area contributed by atoms with Gasteiger partial charge in [0.2, 0.25) is 0 Å². The Morgan fingerprint density at radius 1 is 1.00 bits per heavy atom. The van der Waals surface area contributed by atoms with Gasteiger partial charge >= 0.3 is 0 Å². The van der Waals surface area contributed by atoms with Crippen molar-refractivity contribution in [2.45, 2.75) is 0 Å². The van der Waals surface area contributed by atoms with Crippen LogP contribution in [0.25, 0.3) is 0 Å². The Kier molecular flexibility index (Phi) is 3.73. The van der Waals surface area contributed by atoms with Crippen molar-refractivity contribution in [2.75, 3.05) is 11.1 Å². The van der Waals surface area contributed by atoms with E-state index in [0.717, 1.165) is 12.1 Å². The average Bonchev–Trinajstić information content (AvgIpc) is 2.29. The highest BCUT2D eigenvalue weighted by Gasteiger charge is 2.14. The fraction of sp³-hybridized carbons (Fsp3) is 0. The lowest BCUT2D eigenvalue weighted by molar-refractivity contribution is 0.581. The van der Waals surface area contributed by atoms with E-state index >= 15 is 0 Å². The summed E-state index contributed by atoms with van der Waals surface area (Å²) in [5.41, 5.74) is 5.27. The monoisotopic (exact) mass is 307 g/mol. The van der Waals surface area contributed by atoms with Crippen molar-refractivity contribution >= 4 is 40.5 Å². The van der Waals surface area contributed by atoms with Gasteiger partial charge in [0.05, 0.1) is 15.7 Å². The summed E-state index contributed by atoms with van der Waals surface area (Å²) in [5.74, 6) is -3.47. The van der Waals surface area contributed by atoms with Crippen molar-refractivity contribution < 1.29 is 13.2 Å². The number of nitrogen functional groups attached to an aromatic ring is 1. The van der Waals surface area contributed by atoms with Gasteiger partial charge < -0.3 is 11.1 Å². The Morgan fingerprint density at radius 3 is 2.16 bits per heavy atom. The second kappa shape index (κ2) is 5.14. The van der Waals surface area contributed by atoms with Crippen molar-refractivity contribution in [1.29, 1.82) is 0 Å². The van der Waals surface area contributed by atoms with E-state index in [1.54, 1.807) is 0 Å². The van der Waals surface area contributed by atoms with E-state index in [1.807, 2.05) is 0 Å². The van der Waals surface area contributed by atoms with Crippen LogP contribution in [0.4, 0.5) is 30.5 Å². The van der Waals surface area contributed by atoms with Gasteiger partial charge in [-0.1, -0.05) is 23.2 Å². The van der Waals surface area contributed by atoms with Gasteiger partial charge in [0, 0.05) is 6.07 Å². The predicted molar refractivity (Wildman–Crippen MR) is 68.3 cm³/mol. The van der Waals surface area contributed by atoms with Gasteiger partial charge in [-0.25, -0.2) is 18.2 Å². The molecule has 0 spiro atoms. The third-order valence-corrected chi connectivity index (χ3v) is 2.80. The maximum atomic E-state index is 13.5. The summed E-state index contributed by atoms with van der Waals surface area (Å²) in [4.78, 5) is 3.48. The van der Waals surface area contributed by atoms with Gasteiger partial charge in [0.15, 0.2) is 23.3 Å². The van der Waals surface area contributed by atoms with Crippen LogP contribution in [0.3, 0.4) is 0 Å². The van der Waals surface area contributed by atoms with E-state index in [4.69, 9.17) is 28.9 Å². The van der Waals surface area contributed by atoms with Crippen LogP contribution in [0.2, 0.25) is 10.0 Å². The molecule has 0 aliphatic rings. The first-order valence-corrected chi connectivity index (χ1v) is 5.67. The standard InChI is InChI=1S/C11H6Cl2F3N3/c12-5-1-4(14)2-6(13)9(5)18-11-8(16)3-7(15)10(17)19-11/h1-3H,(H3,17,18,19). The third kappa shape index (κ3) is 2.85. The van der Waals surface area contributed by atoms with E-state index in [9.17, 15) is 13.2 Å². The molecule has 2 rings (SSSR count). The summed E-state index contributed by atoms with van der Waals surface area (Å²) in [6.07, 6.45) is 0. The molecule has 0 atom stereocenters. The lowest BCUT2D eigenvalue weighted by Crippen LogP contribution is -2.04. The molecule has 0 bridgehead atoms. The number of hydrogen-bond donors (Lipinski definition) is 2. The summed E-state index contributed by atoms with van der Waals surface area (Å²) < 4.78 is 39.4. The zero-order chi connectivity index (χ0) is 14.2. The maximum absolute atomic E-state index is 13.5. The molecular weight excluding hydrogens is 302 g/mol. The minimum absolute atomic E-state index is 0.0436. The molecule has 19 heavy (non-hydrogen) atoms. The van der Waals surface area contributed by atoms with Crippen LogP contribution in [0.15, 0.2) is 18.2 Å². The number of aromatic nitrogens is 1. The SMILES string of the molecule is Nc1nc(Nc2c(Cl)cc(F)cc2Cl)c(F)cc1F. The molecule has 0 saturated heterocycles. The summed E-state index contributed by atoms with van der Waals surface area (Å²) in [6.45, 7) is 0. The molecular formula is C11H6Cl2F3N3. The maximum Gasteiger partial charge on any atom is 0.169 e. The van der Waals surface area contributed by atoms with Gasteiger partial charge in [0.25, 0.3) is 0 Å². The van der Waals surface area contributed by atoms with E-state index in [0.29, 0.717) is 6.07 Å². The average molecular weight is 308 g/mol. The van der Waals surface area contributed by atoms with Gasteiger partial charge in [-0.15, -0.1) is 0 Å². The third-order valence-electron chi connectivity index (χ3n) is 2.21. The van der Waals surface area contributed by atoms with Crippen LogP contribution in [-0.4, -0.2) is 4.98 Å². The number of anilines is 3. The lowest BCUT2D eigenvalue weighted by Gasteiger charge is -2.11. The lowest BCUT2D eigenvalue weighted by atomic mass is 10.3. The highest BCUT2D eigenvalue weighted by atomic mass is 35.5. The number of hydrogen-bond acceptors (Lipinski definition) is 3. The van der Waals surface area contributed by atoms with Crippen LogP contribution in [-0.2, 0) is 0 Å². The minimum atomic E-state index is -0.987. The second-order valence-electron chi connectivity index (χ2n) is 3.56. The topological polar surface area (TPSA) is 50.9 Å². The number of halogens is 5. The highest BCUT2D eigenvalue weighted by Crippen LogP contribution is 2.34. The van der Waals surface area contributed by atoms with Gasteiger partial charge in [0.1, 0.15) is 5.82 Å². The first-order chi connectivity index (χ1) is 8.88. The number of nitrogens with one attached hydrogen (secondary N) is 1. The van der Waals surface area contributed by atoms with E-state index in [1.165, 1.54) is 0 Å². The summed E-state index contributed by atoms with van der Waals surface area (Å²) in [5, 5.41) is 2.29. The number of nitrogens with two attached hydrogens (primary N) is 1. The smallest absolute Gasteiger partial charge is 0.169 e. The second-order valence-corrected chi connectivity index (χ2v) is 4.37. The van der Waals surface area contributed by atoms with Crippen molar-refractivity contribution in [3.63, 3.8) is 0 Å². The van der Waals surface area contributed by atoms with Crippen LogP contribution >= 0.6 is 23.2 Å². The van der Waals surface area contributed by atoms with Crippen LogP contribution < -0.4 is 11.1 Å². The van der Waals surface area contributed by atoms with E-state index in [-0.39, 0.29) is 21.6 Å². The minimum Gasteiger partial charge on any atom is -0.381 e. The molecule has 0 amide bonds. The fourth-order valence-corrected chi connectivity index (χ4v) is 1.90. The zero-order valence-corrected chi connectivity index (χ0v) is 10.7. The Bertz CT molecular complexity index is 626. The molecule has 8 heteroatoms. The number of rotatable bonds is 2. The molecule has 0 aliphatic carbocycles. The van der Waals surface area contributed by atoms with Crippen LogP contribution in [0.1, 0.15) is 0 Å². The summed E-state index contributed by atoms with van der Waals surface area (Å²) in [6, 6.07) is 2.54. The quantitative estimate of drug-likeness (QED) is 0.877. The molecule has 1 aromatic heterocycles. The predicted octanol–water partition coefficient (Wildman–Crippen LogP) is 4.13.